The zero-order chi connectivity index (χ0) is 10.8. The first-order valence-corrected chi connectivity index (χ1v) is 5.32. The van der Waals surface area contributed by atoms with Crippen molar-refractivity contribution in [3.8, 4) is 5.88 Å². The number of aromatic nitrogens is 1. The van der Waals surface area contributed by atoms with Gasteiger partial charge in [0, 0.05) is 16.5 Å². The highest BCUT2D eigenvalue weighted by Gasteiger charge is 2.02. The molecule has 0 amide bonds. The van der Waals surface area contributed by atoms with Gasteiger partial charge in [0.2, 0.25) is 5.88 Å². The van der Waals surface area contributed by atoms with Crippen molar-refractivity contribution in [2.24, 2.45) is 0 Å². The van der Waals surface area contributed by atoms with Crippen LogP contribution in [0.2, 0.25) is 0 Å². The minimum absolute atomic E-state index is 0.260. The zero-order valence-electron chi connectivity index (χ0n) is 7.97. The predicted molar refractivity (Wildman–Crippen MR) is 55.5 cm³/mol. The highest BCUT2D eigenvalue weighted by molar-refractivity contribution is 7.79. The van der Waals surface area contributed by atoms with Gasteiger partial charge in [0.15, 0.2) is 0 Å². The lowest BCUT2D eigenvalue weighted by molar-refractivity contribution is 0.403. The van der Waals surface area contributed by atoms with Crippen LogP contribution in [0, 0.1) is 0 Å². The lowest BCUT2D eigenvalue weighted by atomic mass is 10.2. The molecule has 1 atom stereocenters. The largest absolute Gasteiger partial charge is 0.768 e. The van der Waals surface area contributed by atoms with Gasteiger partial charge in [-0.2, -0.15) is 0 Å². The van der Waals surface area contributed by atoms with Crippen LogP contribution in [0.4, 0.5) is 0 Å². The third-order valence-corrected chi connectivity index (χ3v) is 2.72. The van der Waals surface area contributed by atoms with Crippen molar-refractivity contribution in [3.05, 3.63) is 30.5 Å². The second-order valence-corrected chi connectivity index (χ2v) is 3.88. The van der Waals surface area contributed by atoms with Crippen LogP contribution in [-0.2, 0) is 11.1 Å². The average molecular weight is 222 g/mol. The minimum atomic E-state index is -2.20. The van der Waals surface area contributed by atoms with Crippen molar-refractivity contribution in [3.63, 3.8) is 0 Å². The Balaban J connectivity index is 2.69. The Morgan fingerprint density at radius 2 is 2.20 bits per heavy atom. The average Bonchev–Trinajstić information content (AvgIpc) is 2.27. The van der Waals surface area contributed by atoms with E-state index in [9.17, 15) is 8.76 Å². The van der Waals surface area contributed by atoms with E-state index in [0.29, 0.717) is 5.88 Å². The van der Waals surface area contributed by atoms with Crippen LogP contribution in [-0.4, -0.2) is 20.9 Å². The molecular formula is C10H8NO3S-. The fraction of sp³-hybridized carbons (Fsp3) is 0.100. The van der Waals surface area contributed by atoms with E-state index in [2.05, 4.69) is 4.98 Å². The number of pyridine rings is 1. The summed E-state index contributed by atoms with van der Waals surface area (Å²) in [6, 6.07) is 6.54. The number of hydrogen-bond acceptors (Lipinski definition) is 4. The molecule has 0 aliphatic carbocycles. The summed E-state index contributed by atoms with van der Waals surface area (Å²) in [7, 11) is 1.53. The van der Waals surface area contributed by atoms with Gasteiger partial charge in [-0.1, -0.05) is 0 Å². The molecule has 0 saturated heterocycles. The Morgan fingerprint density at radius 1 is 1.40 bits per heavy atom. The van der Waals surface area contributed by atoms with Crippen LogP contribution in [0.1, 0.15) is 0 Å². The second-order valence-electron chi connectivity index (χ2n) is 2.94. The van der Waals surface area contributed by atoms with Crippen LogP contribution in [0.25, 0.3) is 10.8 Å². The molecule has 1 aromatic heterocycles. The molecule has 0 N–H and O–H groups in total. The summed E-state index contributed by atoms with van der Waals surface area (Å²) >= 11 is -2.20. The van der Waals surface area contributed by atoms with E-state index in [-0.39, 0.29) is 4.90 Å². The van der Waals surface area contributed by atoms with Gasteiger partial charge in [-0.25, -0.2) is 4.98 Å². The zero-order valence-corrected chi connectivity index (χ0v) is 8.78. The van der Waals surface area contributed by atoms with E-state index in [0.717, 1.165) is 10.8 Å². The molecular weight excluding hydrogens is 214 g/mol. The van der Waals surface area contributed by atoms with E-state index in [1.54, 1.807) is 24.4 Å². The van der Waals surface area contributed by atoms with Gasteiger partial charge >= 0.3 is 0 Å². The first-order chi connectivity index (χ1) is 7.22. The predicted octanol–water partition coefficient (Wildman–Crippen LogP) is 1.48. The van der Waals surface area contributed by atoms with Crippen LogP contribution in [0.5, 0.6) is 5.88 Å². The van der Waals surface area contributed by atoms with Crippen LogP contribution in [0.3, 0.4) is 0 Å². The quantitative estimate of drug-likeness (QED) is 0.722. The van der Waals surface area contributed by atoms with Gasteiger partial charge in [-0.05, 0) is 40.7 Å². The Morgan fingerprint density at radius 3 is 2.87 bits per heavy atom. The third kappa shape index (κ3) is 1.84. The highest BCUT2D eigenvalue weighted by Crippen LogP contribution is 2.24. The number of fused-ring (bicyclic) bond motifs is 1. The number of hydrogen-bond donors (Lipinski definition) is 0. The van der Waals surface area contributed by atoms with E-state index >= 15 is 0 Å². The minimum Gasteiger partial charge on any atom is -0.768 e. The molecule has 0 fully saturated rings. The van der Waals surface area contributed by atoms with Crippen molar-refractivity contribution in [2.75, 3.05) is 7.11 Å². The van der Waals surface area contributed by atoms with Gasteiger partial charge < -0.3 is 9.29 Å². The molecule has 0 saturated carbocycles. The lowest BCUT2D eigenvalue weighted by Gasteiger charge is -2.08. The number of rotatable bonds is 2. The Labute approximate surface area is 89.2 Å². The lowest BCUT2D eigenvalue weighted by Crippen LogP contribution is -1.91. The van der Waals surface area contributed by atoms with Crippen molar-refractivity contribution >= 4 is 21.9 Å². The smallest absolute Gasteiger partial charge is 0.221 e. The first kappa shape index (κ1) is 10.1. The number of benzene rings is 1. The molecule has 0 spiro atoms. The van der Waals surface area contributed by atoms with Gasteiger partial charge in [0.1, 0.15) is 0 Å². The first-order valence-electron chi connectivity index (χ1n) is 4.24. The molecule has 0 bridgehead atoms. The van der Waals surface area contributed by atoms with Crippen LogP contribution >= 0.6 is 0 Å². The maximum Gasteiger partial charge on any atom is 0.221 e. The summed E-state index contributed by atoms with van der Waals surface area (Å²) in [5, 5.41) is 1.60. The Bertz CT molecular complexity index is 527. The van der Waals surface area contributed by atoms with Crippen LogP contribution < -0.4 is 4.74 Å². The molecule has 2 aromatic rings. The molecule has 0 aliphatic heterocycles. The fourth-order valence-electron chi connectivity index (χ4n) is 1.39. The van der Waals surface area contributed by atoms with E-state index in [1.165, 1.54) is 13.2 Å². The Hall–Kier alpha value is -1.46. The second kappa shape index (κ2) is 3.96. The molecule has 2 rings (SSSR count). The van der Waals surface area contributed by atoms with Crippen molar-refractivity contribution in [1.82, 2.24) is 4.98 Å². The standard InChI is InChI=1S/C10H9NO3S/c1-14-10-9-3-2-8(15(12)13)6-7(9)4-5-11-10/h2-6H,1H3,(H,12,13)/p-1. The fourth-order valence-corrected chi connectivity index (χ4v) is 1.80. The van der Waals surface area contributed by atoms with E-state index in [4.69, 9.17) is 4.74 Å². The molecule has 1 aromatic carbocycles. The van der Waals surface area contributed by atoms with E-state index in [1.807, 2.05) is 0 Å². The van der Waals surface area contributed by atoms with Gasteiger partial charge in [-0.15, -0.1) is 0 Å². The van der Waals surface area contributed by atoms with Gasteiger partial charge in [-0.3, -0.25) is 4.21 Å². The normalized spacial score (nSPS) is 12.7. The molecule has 5 heteroatoms. The highest BCUT2D eigenvalue weighted by atomic mass is 32.2. The molecule has 4 nitrogen and oxygen atoms in total. The molecule has 1 heterocycles. The summed E-state index contributed by atoms with van der Waals surface area (Å²) in [5.74, 6) is 0.496. The SMILES string of the molecule is COc1nccc2cc(S(=O)[O-])ccc12. The molecule has 15 heavy (non-hydrogen) atoms. The van der Waals surface area contributed by atoms with E-state index < -0.39 is 11.1 Å². The summed E-state index contributed by atoms with van der Waals surface area (Å²) < 4.78 is 26.6. The maximum absolute atomic E-state index is 10.8. The monoisotopic (exact) mass is 222 g/mol. The summed E-state index contributed by atoms with van der Waals surface area (Å²) in [6.07, 6.45) is 1.58. The van der Waals surface area contributed by atoms with Gasteiger partial charge in [0.25, 0.3) is 0 Å². The Kier molecular flexibility index (Phi) is 2.66. The molecule has 78 valence electrons. The summed E-state index contributed by atoms with van der Waals surface area (Å²) in [5.41, 5.74) is 0. The van der Waals surface area contributed by atoms with Crippen molar-refractivity contribution in [2.45, 2.75) is 4.90 Å². The number of ether oxygens (including phenoxy) is 1. The van der Waals surface area contributed by atoms with Crippen molar-refractivity contribution < 1.29 is 13.5 Å². The summed E-state index contributed by atoms with van der Waals surface area (Å²) in [4.78, 5) is 4.28. The topological polar surface area (TPSA) is 62.2 Å². The van der Waals surface area contributed by atoms with Crippen LogP contribution in [0.15, 0.2) is 35.4 Å². The summed E-state index contributed by atoms with van der Waals surface area (Å²) in [6.45, 7) is 0. The van der Waals surface area contributed by atoms with Crippen molar-refractivity contribution in [1.29, 1.82) is 0 Å². The third-order valence-electron chi connectivity index (χ3n) is 2.09. The molecule has 0 radical (unpaired) electrons. The number of methoxy groups -OCH3 is 1. The molecule has 0 aliphatic rings. The number of nitrogens with zero attached hydrogens (tertiary/aromatic N) is 1. The van der Waals surface area contributed by atoms with Gasteiger partial charge in [0.05, 0.1) is 7.11 Å². The molecule has 1 unspecified atom stereocenters. The maximum atomic E-state index is 10.8.